The van der Waals surface area contributed by atoms with Crippen LogP contribution in [0.15, 0.2) is 36.5 Å². The van der Waals surface area contributed by atoms with Crippen LogP contribution in [0.1, 0.15) is 18.5 Å². The van der Waals surface area contributed by atoms with Crippen LogP contribution in [0.3, 0.4) is 0 Å². The minimum absolute atomic E-state index is 0.237. The van der Waals surface area contributed by atoms with Gasteiger partial charge in [-0.15, -0.1) is 0 Å². The Morgan fingerprint density at radius 1 is 1.32 bits per heavy atom. The third-order valence-electron chi connectivity index (χ3n) is 4.31. The van der Waals surface area contributed by atoms with Gasteiger partial charge in [0.2, 0.25) is 0 Å². The van der Waals surface area contributed by atoms with Gasteiger partial charge < -0.3 is 4.90 Å². The molecule has 1 atom stereocenters. The number of likely N-dealkylation sites (tertiary alicyclic amines) is 1. The minimum atomic E-state index is -0.237. The number of aromatic nitrogens is 2. The van der Waals surface area contributed by atoms with Crippen molar-refractivity contribution in [2.45, 2.75) is 25.4 Å². The van der Waals surface area contributed by atoms with E-state index in [9.17, 15) is 4.39 Å². The highest BCUT2D eigenvalue weighted by Gasteiger charge is 2.21. The van der Waals surface area contributed by atoms with Crippen LogP contribution in [0, 0.1) is 5.82 Å². The smallest absolute Gasteiger partial charge is 0.125 e. The van der Waals surface area contributed by atoms with Gasteiger partial charge in [0, 0.05) is 25.3 Å². The summed E-state index contributed by atoms with van der Waals surface area (Å²) in [6, 6.07) is 9.16. The molecule has 4 nitrogen and oxygen atoms in total. The minimum Gasteiger partial charge on any atom is -0.305 e. The van der Waals surface area contributed by atoms with Crippen molar-refractivity contribution in [3.8, 4) is 5.69 Å². The molecule has 1 fully saturated rings. The molecule has 1 aliphatic rings. The predicted octanol–water partition coefficient (Wildman–Crippen LogP) is 2.54. The third-order valence-corrected chi connectivity index (χ3v) is 4.31. The summed E-state index contributed by atoms with van der Waals surface area (Å²) < 4.78 is 15.0. The van der Waals surface area contributed by atoms with Crippen molar-refractivity contribution in [2.24, 2.45) is 0 Å². The van der Waals surface area contributed by atoms with Crippen LogP contribution >= 0.6 is 0 Å². The van der Waals surface area contributed by atoms with E-state index in [4.69, 9.17) is 0 Å². The lowest BCUT2D eigenvalue weighted by molar-refractivity contribution is 0.126. The van der Waals surface area contributed by atoms with Gasteiger partial charge in [0.15, 0.2) is 0 Å². The summed E-state index contributed by atoms with van der Waals surface area (Å²) in [7, 11) is 4.29. The molecule has 118 valence electrons. The molecule has 0 amide bonds. The second-order valence-corrected chi connectivity index (χ2v) is 6.23. The van der Waals surface area contributed by atoms with Crippen molar-refractivity contribution in [1.29, 1.82) is 0 Å². The molecular weight excluding hydrogens is 279 g/mol. The van der Waals surface area contributed by atoms with E-state index in [-0.39, 0.29) is 5.82 Å². The van der Waals surface area contributed by atoms with E-state index in [1.54, 1.807) is 10.7 Å². The first-order chi connectivity index (χ1) is 10.6. The fraction of sp³-hybridized carbons (Fsp3) is 0.471. The lowest BCUT2D eigenvalue weighted by atomic mass is 10.0. The molecule has 0 saturated carbocycles. The summed E-state index contributed by atoms with van der Waals surface area (Å²) >= 11 is 0. The van der Waals surface area contributed by atoms with Crippen molar-refractivity contribution in [1.82, 2.24) is 19.6 Å². The zero-order valence-corrected chi connectivity index (χ0v) is 13.2. The lowest BCUT2D eigenvalue weighted by Gasteiger charge is -2.35. The molecule has 1 aromatic heterocycles. The normalized spacial score (nSPS) is 19.7. The van der Waals surface area contributed by atoms with Gasteiger partial charge in [-0.1, -0.05) is 6.07 Å². The number of rotatable bonds is 4. The topological polar surface area (TPSA) is 24.3 Å². The van der Waals surface area contributed by atoms with Crippen LogP contribution in [0.25, 0.3) is 5.69 Å². The number of likely N-dealkylation sites (N-methyl/N-ethyl adjacent to an activating group) is 1. The molecule has 1 aliphatic heterocycles. The van der Waals surface area contributed by atoms with Crippen molar-refractivity contribution < 1.29 is 4.39 Å². The number of hydrogen-bond donors (Lipinski definition) is 0. The molecule has 22 heavy (non-hydrogen) atoms. The number of piperidine rings is 1. The summed E-state index contributed by atoms with van der Waals surface area (Å²) in [5, 5.41) is 4.58. The summed E-state index contributed by atoms with van der Waals surface area (Å²) in [6.07, 6.45) is 4.40. The fourth-order valence-electron chi connectivity index (χ4n) is 3.03. The number of nitrogens with zero attached hydrogens (tertiary/aromatic N) is 4. The highest BCUT2D eigenvalue weighted by atomic mass is 19.1. The summed E-state index contributed by atoms with van der Waals surface area (Å²) in [4.78, 5) is 4.75. The quantitative estimate of drug-likeness (QED) is 0.867. The van der Waals surface area contributed by atoms with E-state index >= 15 is 0 Å². The van der Waals surface area contributed by atoms with Crippen molar-refractivity contribution in [2.75, 3.05) is 27.2 Å². The first-order valence-corrected chi connectivity index (χ1v) is 7.81. The Hall–Kier alpha value is -1.72. The SMILES string of the molecule is CN(C)C1CCCN(Cc2ccn(-c3cccc(F)c3)n2)C1. The summed E-state index contributed by atoms with van der Waals surface area (Å²) in [5.74, 6) is -0.237. The van der Waals surface area contributed by atoms with Crippen LogP contribution in [0.5, 0.6) is 0 Å². The molecule has 0 aliphatic carbocycles. The fourth-order valence-corrected chi connectivity index (χ4v) is 3.03. The maximum Gasteiger partial charge on any atom is 0.125 e. The van der Waals surface area contributed by atoms with Crippen LogP contribution < -0.4 is 0 Å². The highest BCUT2D eigenvalue weighted by Crippen LogP contribution is 2.16. The van der Waals surface area contributed by atoms with E-state index in [1.807, 2.05) is 18.3 Å². The van der Waals surface area contributed by atoms with Crippen molar-refractivity contribution in [3.05, 3.63) is 48.0 Å². The van der Waals surface area contributed by atoms with E-state index < -0.39 is 0 Å². The van der Waals surface area contributed by atoms with Crippen LogP contribution in [0.4, 0.5) is 4.39 Å². The van der Waals surface area contributed by atoms with Gasteiger partial charge in [-0.05, 0) is 57.7 Å². The van der Waals surface area contributed by atoms with Gasteiger partial charge in [-0.2, -0.15) is 5.10 Å². The van der Waals surface area contributed by atoms with Gasteiger partial charge in [-0.25, -0.2) is 9.07 Å². The lowest BCUT2D eigenvalue weighted by Crippen LogP contribution is -2.44. The number of hydrogen-bond acceptors (Lipinski definition) is 3. The number of halogens is 1. The molecule has 2 aromatic rings. The first kappa shape index (κ1) is 15.2. The molecule has 1 aromatic carbocycles. The van der Waals surface area contributed by atoms with E-state index in [1.165, 1.54) is 25.0 Å². The Morgan fingerprint density at radius 3 is 2.95 bits per heavy atom. The summed E-state index contributed by atoms with van der Waals surface area (Å²) in [5.41, 5.74) is 1.79. The number of benzene rings is 1. The van der Waals surface area contributed by atoms with Gasteiger partial charge >= 0.3 is 0 Å². The molecule has 1 unspecified atom stereocenters. The zero-order valence-electron chi connectivity index (χ0n) is 13.2. The maximum absolute atomic E-state index is 13.3. The average Bonchev–Trinajstić information content (AvgIpc) is 2.96. The standard InChI is InChI=1S/C17H23FN4/c1-20(2)17-7-4-9-21(13-17)12-15-8-10-22(19-15)16-6-3-5-14(18)11-16/h3,5-6,8,10-11,17H,4,7,9,12-13H2,1-2H3. The van der Waals surface area contributed by atoms with Crippen LogP contribution in [0.2, 0.25) is 0 Å². The molecule has 0 N–H and O–H groups in total. The predicted molar refractivity (Wildman–Crippen MR) is 85.5 cm³/mol. The monoisotopic (exact) mass is 302 g/mol. The van der Waals surface area contributed by atoms with Gasteiger partial charge in [0.1, 0.15) is 5.82 Å². The van der Waals surface area contributed by atoms with E-state index in [2.05, 4.69) is 29.0 Å². The molecule has 0 radical (unpaired) electrons. The first-order valence-electron chi connectivity index (χ1n) is 7.81. The van der Waals surface area contributed by atoms with E-state index in [0.29, 0.717) is 6.04 Å². The molecule has 2 heterocycles. The second-order valence-electron chi connectivity index (χ2n) is 6.23. The average molecular weight is 302 g/mol. The molecular formula is C17H23FN4. The van der Waals surface area contributed by atoms with Gasteiger partial charge in [0.05, 0.1) is 11.4 Å². The maximum atomic E-state index is 13.3. The van der Waals surface area contributed by atoms with Gasteiger partial charge in [0.25, 0.3) is 0 Å². The second kappa shape index (κ2) is 6.58. The third kappa shape index (κ3) is 3.54. The Balaban J connectivity index is 1.67. The molecule has 0 bridgehead atoms. The summed E-state index contributed by atoms with van der Waals surface area (Å²) in [6.45, 7) is 3.06. The Bertz CT molecular complexity index is 623. The van der Waals surface area contributed by atoms with Crippen LogP contribution in [-0.4, -0.2) is 52.8 Å². The van der Waals surface area contributed by atoms with Crippen molar-refractivity contribution >= 4 is 0 Å². The van der Waals surface area contributed by atoms with Crippen molar-refractivity contribution in [3.63, 3.8) is 0 Å². The van der Waals surface area contributed by atoms with Crippen LogP contribution in [-0.2, 0) is 6.54 Å². The molecule has 0 spiro atoms. The Labute approximate surface area is 131 Å². The Morgan fingerprint density at radius 2 is 2.18 bits per heavy atom. The molecule has 1 saturated heterocycles. The zero-order chi connectivity index (χ0) is 15.5. The largest absolute Gasteiger partial charge is 0.305 e. The molecule has 5 heteroatoms. The molecule has 3 rings (SSSR count). The van der Waals surface area contributed by atoms with E-state index in [0.717, 1.165) is 31.0 Å². The van der Waals surface area contributed by atoms with Gasteiger partial charge in [-0.3, -0.25) is 4.90 Å². The Kier molecular flexibility index (Phi) is 4.55. The highest BCUT2D eigenvalue weighted by molar-refractivity contribution is 5.31.